The first kappa shape index (κ1) is 26.1. The Hall–Kier alpha value is -2.89. The summed E-state index contributed by atoms with van der Waals surface area (Å²) in [6.45, 7) is 7.93. The van der Waals surface area contributed by atoms with Crippen LogP contribution in [0, 0.1) is 5.92 Å². The molecule has 0 unspecified atom stereocenters. The predicted octanol–water partition coefficient (Wildman–Crippen LogP) is 3.98. The molecule has 0 bridgehead atoms. The molecule has 2 amide bonds. The van der Waals surface area contributed by atoms with Gasteiger partial charge < -0.3 is 15.3 Å². The third-order valence-electron chi connectivity index (χ3n) is 5.21. The second kappa shape index (κ2) is 15.0. The topological polar surface area (TPSA) is 86.7 Å². The van der Waals surface area contributed by atoms with Crippen LogP contribution in [0.5, 0.6) is 0 Å². The Bertz CT molecular complexity index is 717. The summed E-state index contributed by atoms with van der Waals surface area (Å²) in [4.78, 5) is 38.8. The molecule has 6 heteroatoms. The average Bonchev–Trinajstić information content (AvgIpc) is 2.76. The van der Waals surface area contributed by atoms with Crippen molar-refractivity contribution in [1.29, 1.82) is 0 Å². The van der Waals surface area contributed by atoms with Gasteiger partial charge in [0.2, 0.25) is 11.8 Å². The molecule has 0 saturated heterocycles. The molecule has 1 aromatic rings. The minimum absolute atomic E-state index is 0.159. The van der Waals surface area contributed by atoms with Gasteiger partial charge in [-0.3, -0.25) is 14.4 Å². The number of carbonyl (C=O) groups excluding carboxylic acids is 2. The van der Waals surface area contributed by atoms with E-state index in [0.29, 0.717) is 38.6 Å². The van der Waals surface area contributed by atoms with E-state index in [1.807, 2.05) is 36.4 Å². The zero-order valence-electron chi connectivity index (χ0n) is 18.6. The van der Waals surface area contributed by atoms with Crippen LogP contribution in [0.15, 0.2) is 55.6 Å². The van der Waals surface area contributed by atoms with Crippen molar-refractivity contribution in [2.45, 2.75) is 57.4 Å². The largest absolute Gasteiger partial charge is 0.481 e. The molecule has 2 N–H and O–H groups in total. The number of carboxylic acids is 1. The molecule has 1 aromatic carbocycles. The summed E-state index contributed by atoms with van der Waals surface area (Å²) in [6, 6.07) is 9.08. The molecule has 0 aromatic heterocycles. The lowest BCUT2D eigenvalue weighted by molar-refractivity contribution is -0.142. The van der Waals surface area contributed by atoms with E-state index >= 15 is 0 Å². The Morgan fingerprint density at radius 1 is 1.06 bits per heavy atom. The number of hydrogen-bond acceptors (Lipinski definition) is 3. The first-order valence-corrected chi connectivity index (χ1v) is 10.9. The Kier molecular flexibility index (Phi) is 12.6. The first-order valence-electron chi connectivity index (χ1n) is 10.9. The highest BCUT2D eigenvalue weighted by molar-refractivity contribution is 5.89. The van der Waals surface area contributed by atoms with Gasteiger partial charge in [-0.2, -0.15) is 0 Å². The summed E-state index contributed by atoms with van der Waals surface area (Å²) in [5, 5.41) is 12.1. The van der Waals surface area contributed by atoms with Crippen LogP contribution in [0.25, 0.3) is 0 Å². The van der Waals surface area contributed by atoms with Gasteiger partial charge in [-0.05, 0) is 50.5 Å². The molecule has 0 saturated carbocycles. The fourth-order valence-corrected chi connectivity index (χ4v) is 3.40. The number of rotatable bonds is 16. The number of nitrogens with one attached hydrogen (secondary N) is 1. The monoisotopic (exact) mass is 428 g/mol. The van der Waals surface area contributed by atoms with Gasteiger partial charge in [-0.15, -0.1) is 13.2 Å². The minimum atomic E-state index is -1.02. The predicted molar refractivity (Wildman–Crippen MR) is 124 cm³/mol. The quantitative estimate of drug-likeness (QED) is 0.308. The number of allylic oxidation sites excluding steroid dienone is 2. The Balaban J connectivity index is 2.88. The summed E-state index contributed by atoms with van der Waals surface area (Å²) in [5.74, 6) is -2.23. The van der Waals surface area contributed by atoms with Gasteiger partial charge in [0, 0.05) is 19.5 Å². The molecule has 1 rings (SSSR count). The summed E-state index contributed by atoms with van der Waals surface area (Å²) >= 11 is 0. The van der Waals surface area contributed by atoms with Gasteiger partial charge in [0.15, 0.2) is 0 Å². The molecule has 0 aliphatic heterocycles. The third-order valence-corrected chi connectivity index (χ3v) is 5.21. The second-order valence-corrected chi connectivity index (χ2v) is 7.79. The Morgan fingerprint density at radius 3 is 2.32 bits per heavy atom. The van der Waals surface area contributed by atoms with Gasteiger partial charge in [0.05, 0.1) is 6.42 Å². The molecular formula is C25H36N2O4. The molecular weight excluding hydrogens is 392 g/mol. The number of aliphatic carboxylic acids is 1. The van der Waals surface area contributed by atoms with Gasteiger partial charge in [0.1, 0.15) is 6.04 Å². The number of carboxylic acid groups (broad SMARTS) is 1. The number of aryl methyl sites for hydroxylation is 1. The second-order valence-electron chi connectivity index (χ2n) is 7.79. The van der Waals surface area contributed by atoms with Crippen LogP contribution in [-0.4, -0.2) is 47.4 Å². The van der Waals surface area contributed by atoms with E-state index in [0.717, 1.165) is 18.4 Å². The van der Waals surface area contributed by atoms with Gasteiger partial charge in [0.25, 0.3) is 0 Å². The number of carbonyl (C=O) groups is 3. The number of hydrogen-bond donors (Lipinski definition) is 2. The first-order chi connectivity index (χ1) is 14.9. The molecule has 170 valence electrons. The molecule has 0 fully saturated rings. The van der Waals surface area contributed by atoms with Crippen molar-refractivity contribution in [2.24, 2.45) is 5.92 Å². The minimum Gasteiger partial charge on any atom is -0.481 e. The SMILES string of the molecule is C=CCCC[C@H](CC(=O)O)C(=O)N[C@@H](CCc1ccccc1)C(=O)N(C)CCCC=C. The van der Waals surface area contributed by atoms with Crippen molar-refractivity contribution < 1.29 is 19.5 Å². The maximum atomic E-state index is 13.1. The summed E-state index contributed by atoms with van der Waals surface area (Å²) < 4.78 is 0. The molecule has 0 radical (unpaired) electrons. The molecule has 0 spiro atoms. The molecule has 0 aliphatic rings. The lowest BCUT2D eigenvalue weighted by Crippen LogP contribution is -2.49. The van der Waals surface area contributed by atoms with Crippen molar-refractivity contribution in [3.63, 3.8) is 0 Å². The van der Waals surface area contributed by atoms with Crippen LogP contribution in [-0.2, 0) is 20.8 Å². The number of benzene rings is 1. The Morgan fingerprint density at radius 2 is 1.71 bits per heavy atom. The van der Waals surface area contributed by atoms with Crippen LogP contribution in [0.4, 0.5) is 0 Å². The molecule has 31 heavy (non-hydrogen) atoms. The van der Waals surface area contributed by atoms with E-state index in [9.17, 15) is 19.5 Å². The van der Waals surface area contributed by atoms with E-state index in [2.05, 4.69) is 18.5 Å². The van der Waals surface area contributed by atoms with E-state index < -0.39 is 17.9 Å². The maximum absolute atomic E-state index is 13.1. The number of amides is 2. The van der Waals surface area contributed by atoms with Crippen molar-refractivity contribution in [3.05, 3.63) is 61.2 Å². The fourth-order valence-electron chi connectivity index (χ4n) is 3.40. The normalized spacial score (nSPS) is 12.4. The molecule has 2 atom stereocenters. The molecule has 0 heterocycles. The van der Waals surface area contributed by atoms with Gasteiger partial charge in [-0.1, -0.05) is 42.5 Å². The Labute approximate surface area is 186 Å². The van der Waals surface area contributed by atoms with Gasteiger partial charge in [-0.25, -0.2) is 0 Å². The standard InChI is InChI=1S/C25H36N2O4/c1-4-6-9-15-21(19-23(28)29)24(30)26-22(17-16-20-13-10-8-11-14-20)25(31)27(3)18-12-7-5-2/h4-5,8,10-11,13-14,21-22H,1-2,6-7,9,12,15-19H2,3H3,(H,26,30)(H,28,29)/t21-,22+/m1/s1. The highest BCUT2D eigenvalue weighted by Gasteiger charge is 2.28. The van der Waals surface area contributed by atoms with E-state index in [-0.39, 0.29) is 18.2 Å². The van der Waals surface area contributed by atoms with Crippen LogP contribution < -0.4 is 5.32 Å². The van der Waals surface area contributed by atoms with Crippen molar-refractivity contribution >= 4 is 17.8 Å². The summed E-state index contributed by atoms with van der Waals surface area (Å²) in [6.07, 6.45) is 7.84. The van der Waals surface area contributed by atoms with E-state index in [1.165, 1.54) is 0 Å². The lowest BCUT2D eigenvalue weighted by Gasteiger charge is -2.26. The van der Waals surface area contributed by atoms with Crippen LogP contribution >= 0.6 is 0 Å². The van der Waals surface area contributed by atoms with Crippen LogP contribution in [0.1, 0.15) is 50.5 Å². The fraction of sp³-hybridized carbons (Fsp3) is 0.480. The zero-order chi connectivity index (χ0) is 23.1. The van der Waals surface area contributed by atoms with Crippen molar-refractivity contribution in [3.8, 4) is 0 Å². The van der Waals surface area contributed by atoms with Gasteiger partial charge >= 0.3 is 5.97 Å². The summed E-state index contributed by atoms with van der Waals surface area (Å²) in [5.41, 5.74) is 1.08. The maximum Gasteiger partial charge on any atom is 0.304 e. The highest BCUT2D eigenvalue weighted by atomic mass is 16.4. The molecule has 0 aliphatic carbocycles. The lowest BCUT2D eigenvalue weighted by atomic mass is 9.96. The molecule has 6 nitrogen and oxygen atoms in total. The summed E-state index contributed by atoms with van der Waals surface area (Å²) in [7, 11) is 1.73. The average molecular weight is 429 g/mol. The zero-order valence-corrected chi connectivity index (χ0v) is 18.6. The number of nitrogens with zero attached hydrogens (tertiary/aromatic N) is 1. The smallest absolute Gasteiger partial charge is 0.304 e. The van der Waals surface area contributed by atoms with Crippen LogP contribution in [0.2, 0.25) is 0 Å². The number of unbranched alkanes of at least 4 members (excludes halogenated alkanes) is 2. The van der Waals surface area contributed by atoms with Crippen molar-refractivity contribution in [2.75, 3.05) is 13.6 Å². The van der Waals surface area contributed by atoms with E-state index in [1.54, 1.807) is 18.0 Å². The number of likely N-dealkylation sites (N-methyl/N-ethyl adjacent to an activating group) is 1. The highest BCUT2D eigenvalue weighted by Crippen LogP contribution is 2.16. The van der Waals surface area contributed by atoms with Crippen molar-refractivity contribution in [1.82, 2.24) is 10.2 Å². The van der Waals surface area contributed by atoms with Crippen LogP contribution in [0.3, 0.4) is 0 Å². The third kappa shape index (κ3) is 10.6. The van der Waals surface area contributed by atoms with E-state index in [4.69, 9.17) is 0 Å².